The number of aliphatic hydroxyl groups excluding tert-OH is 1. The van der Waals surface area contributed by atoms with Gasteiger partial charge in [0, 0.05) is 36.2 Å². The second-order valence-electron chi connectivity index (χ2n) is 9.27. The summed E-state index contributed by atoms with van der Waals surface area (Å²) in [5, 5.41) is 23.2. The Kier molecular flexibility index (Phi) is 8.79. The van der Waals surface area contributed by atoms with Crippen LogP contribution in [0, 0.1) is 0 Å². The maximum Gasteiger partial charge on any atom is 0.252 e. The SMILES string of the molecule is CCC[C@@H](c1nnnn1C(C)(C)CC)N(CCCO)Cc1cc2cc(OCC)ccc2[nH]c1=O. The van der Waals surface area contributed by atoms with Crippen LogP contribution in [0.4, 0.5) is 0 Å². The van der Waals surface area contributed by atoms with Crippen LogP contribution in [-0.2, 0) is 12.1 Å². The molecule has 0 aliphatic carbocycles. The predicted octanol–water partition coefficient (Wildman–Crippen LogP) is 3.78. The summed E-state index contributed by atoms with van der Waals surface area (Å²) in [4.78, 5) is 18.2. The molecule has 0 fully saturated rings. The van der Waals surface area contributed by atoms with Crippen molar-refractivity contribution in [2.45, 2.75) is 78.4 Å². The van der Waals surface area contributed by atoms with Crippen LogP contribution >= 0.6 is 0 Å². The summed E-state index contributed by atoms with van der Waals surface area (Å²) in [6, 6.07) is 7.54. The molecule has 9 nitrogen and oxygen atoms in total. The molecule has 0 unspecified atom stereocenters. The van der Waals surface area contributed by atoms with Gasteiger partial charge < -0.3 is 14.8 Å². The largest absolute Gasteiger partial charge is 0.494 e. The summed E-state index contributed by atoms with van der Waals surface area (Å²) in [5.41, 5.74) is 1.09. The number of aromatic nitrogens is 5. The molecule has 0 amide bonds. The van der Waals surface area contributed by atoms with Crippen molar-refractivity contribution in [3.05, 3.63) is 46.0 Å². The normalized spacial score (nSPS) is 13.0. The van der Waals surface area contributed by atoms with Crippen molar-refractivity contribution in [2.75, 3.05) is 19.8 Å². The minimum atomic E-state index is -0.233. The smallest absolute Gasteiger partial charge is 0.252 e. The monoisotopic (exact) mass is 470 g/mol. The van der Waals surface area contributed by atoms with Gasteiger partial charge in [-0.15, -0.1) is 5.10 Å². The molecule has 3 aromatic rings. The molecule has 2 heterocycles. The quantitative estimate of drug-likeness (QED) is 0.391. The number of fused-ring (bicyclic) bond motifs is 1. The van der Waals surface area contributed by atoms with Gasteiger partial charge in [-0.1, -0.05) is 20.3 Å². The molecule has 1 atom stereocenters. The van der Waals surface area contributed by atoms with Crippen molar-refractivity contribution in [3.63, 3.8) is 0 Å². The van der Waals surface area contributed by atoms with E-state index >= 15 is 0 Å². The van der Waals surface area contributed by atoms with Crippen LogP contribution in [0.15, 0.2) is 29.1 Å². The average Bonchev–Trinajstić information content (AvgIpc) is 3.31. The van der Waals surface area contributed by atoms with Crippen LogP contribution in [0.25, 0.3) is 10.9 Å². The Balaban J connectivity index is 2.02. The number of pyridine rings is 1. The topological polar surface area (TPSA) is 109 Å². The number of benzene rings is 1. The Morgan fingerprint density at radius 1 is 1.24 bits per heavy atom. The Morgan fingerprint density at radius 2 is 2.03 bits per heavy atom. The van der Waals surface area contributed by atoms with Crippen LogP contribution in [0.5, 0.6) is 5.75 Å². The fourth-order valence-corrected chi connectivity index (χ4v) is 4.17. The number of H-pyrrole nitrogens is 1. The van der Waals surface area contributed by atoms with Gasteiger partial charge in [0.05, 0.1) is 18.2 Å². The third-order valence-electron chi connectivity index (χ3n) is 6.41. The lowest BCUT2D eigenvalue weighted by molar-refractivity contribution is 0.139. The highest BCUT2D eigenvalue weighted by Crippen LogP contribution is 2.30. The molecular formula is C25H38N6O3. The molecule has 0 saturated carbocycles. The maximum atomic E-state index is 13.0. The first-order valence-corrected chi connectivity index (χ1v) is 12.3. The van der Waals surface area contributed by atoms with E-state index in [2.05, 4.69) is 53.1 Å². The standard InChI is InChI=1S/C25H38N6O3/c1-6-10-22(23-27-28-29-31(23)25(4,5)7-2)30(13-9-14-32)17-19-15-18-16-20(34-8-3)11-12-21(18)26-24(19)33/h11-12,15-16,22,32H,6-10,13-14,17H2,1-5H3,(H,26,33)/t22-/m0/s1. The van der Waals surface area contributed by atoms with Crippen molar-refractivity contribution >= 4 is 10.9 Å². The summed E-state index contributed by atoms with van der Waals surface area (Å²) in [5.74, 6) is 1.57. The van der Waals surface area contributed by atoms with Crippen LogP contribution in [0.3, 0.4) is 0 Å². The van der Waals surface area contributed by atoms with E-state index in [0.717, 1.165) is 41.7 Å². The van der Waals surface area contributed by atoms with Crippen LogP contribution < -0.4 is 10.3 Å². The van der Waals surface area contributed by atoms with Crippen molar-refractivity contribution in [1.82, 2.24) is 30.1 Å². The van der Waals surface area contributed by atoms with Crippen LogP contribution in [0.1, 0.15) is 77.7 Å². The third kappa shape index (κ3) is 5.82. The molecule has 186 valence electrons. The van der Waals surface area contributed by atoms with Crippen LogP contribution in [-0.4, -0.2) is 55.0 Å². The zero-order chi connectivity index (χ0) is 24.7. The lowest BCUT2D eigenvalue weighted by Crippen LogP contribution is -2.37. The van der Waals surface area contributed by atoms with E-state index in [1.165, 1.54) is 0 Å². The number of ether oxygens (including phenoxy) is 1. The van der Waals surface area contributed by atoms with Gasteiger partial charge in [-0.25, -0.2) is 4.68 Å². The van der Waals surface area contributed by atoms with E-state index < -0.39 is 0 Å². The van der Waals surface area contributed by atoms with Crippen molar-refractivity contribution < 1.29 is 9.84 Å². The molecule has 2 aromatic heterocycles. The van der Waals surface area contributed by atoms with Gasteiger partial charge in [0.1, 0.15) is 5.75 Å². The average molecular weight is 471 g/mol. The van der Waals surface area contributed by atoms with E-state index in [9.17, 15) is 9.90 Å². The lowest BCUT2D eigenvalue weighted by atomic mass is 10.0. The molecule has 1 aromatic carbocycles. The molecule has 0 aliphatic rings. The molecule has 0 spiro atoms. The van der Waals surface area contributed by atoms with Crippen molar-refractivity contribution in [2.24, 2.45) is 0 Å². The number of aliphatic hydroxyl groups is 1. The molecule has 9 heteroatoms. The minimum absolute atomic E-state index is 0.0759. The molecule has 0 radical (unpaired) electrons. The van der Waals surface area contributed by atoms with E-state index in [-0.39, 0.29) is 23.7 Å². The first kappa shape index (κ1) is 25.8. The van der Waals surface area contributed by atoms with Gasteiger partial charge in [-0.05, 0) is 74.7 Å². The Morgan fingerprint density at radius 3 is 2.71 bits per heavy atom. The van der Waals surface area contributed by atoms with E-state index in [1.807, 2.05) is 35.9 Å². The highest BCUT2D eigenvalue weighted by Gasteiger charge is 2.31. The minimum Gasteiger partial charge on any atom is -0.494 e. The summed E-state index contributed by atoms with van der Waals surface area (Å²) in [6.07, 6.45) is 3.25. The second-order valence-corrected chi connectivity index (χ2v) is 9.27. The lowest BCUT2D eigenvalue weighted by Gasteiger charge is -2.33. The van der Waals surface area contributed by atoms with Gasteiger partial charge in [0.2, 0.25) is 0 Å². The van der Waals surface area contributed by atoms with Crippen LogP contribution in [0.2, 0.25) is 0 Å². The fourth-order valence-electron chi connectivity index (χ4n) is 4.17. The van der Waals surface area contributed by atoms with Gasteiger partial charge in [0.25, 0.3) is 5.56 Å². The number of hydrogen-bond donors (Lipinski definition) is 2. The van der Waals surface area contributed by atoms with Gasteiger partial charge in [0.15, 0.2) is 5.82 Å². The molecule has 2 N–H and O–H groups in total. The van der Waals surface area contributed by atoms with Gasteiger partial charge in [-0.3, -0.25) is 9.69 Å². The zero-order valence-electron chi connectivity index (χ0n) is 21.0. The number of tetrazole rings is 1. The fraction of sp³-hybridized carbons (Fsp3) is 0.600. The molecule has 0 bridgehead atoms. The number of nitrogens with zero attached hydrogens (tertiary/aromatic N) is 5. The highest BCUT2D eigenvalue weighted by molar-refractivity contribution is 5.80. The van der Waals surface area contributed by atoms with E-state index in [0.29, 0.717) is 31.7 Å². The van der Waals surface area contributed by atoms with Gasteiger partial charge >= 0.3 is 0 Å². The number of hydrogen-bond acceptors (Lipinski definition) is 7. The van der Waals surface area contributed by atoms with Crippen molar-refractivity contribution in [3.8, 4) is 5.75 Å². The second kappa shape index (κ2) is 11.6. The first-order valence-electron chi connectivity index (χ1n) is 12.3. The number of nitrogens with one attached hydrogen (secondary N) is 1. The third-order valence-corrected chi connectivity index (χ3v) is 6.41. The molecule has 34 heavy (non-hydrogen) atoms. The molecule has 0 saturated heterocycles. The predicted molar refractivity (Wildman–Crippen MR) is 133 cm³/mol. The first-order chi connectivity index (χ1) is 16.3. The Bertz CT molecular complexity index is 1120. The molecular weight excluding hydrogens is 432 g/mol. The summed E-state index contributed by atoms with van der Waals surface area (Å²) in [7, 11) is 0. The van der Waals surface area contributed by atoms with Crippen molar-refractivity contribution in [1.29, 1.82) is 0 Å². The maximum absolute atomic E-state index is 13.0. The zero-order valence-corrected chi connectivity index (χ0v) is 21.0. The Labute approximate surface area is 201 Å². The summed E-state index contributed by atoms with van der Waals surface area (Å²) < 4.78 is 7.55. The number of rotatable bonds is 13. The summed E-state index contributed by atoms with van der Waals surface area (Å²) in [6.45, 7) is 12.2. The molecule has 3 rings (SSSR count). The Hall–Kier alpha value is -2.78. The summed E-state index contributed by atoms with van der Waals surface area (Å²) >= 11 is 0. The number of aromatic amines is 1. The highest BCUT2D eigenvalue weighted by atomic mass is 16.5. The van der Waals surface area contributed by atoms with E-state index in [1.54, 1.807) is 0 Å². The molecule has 0 aliphatic heterocycles. The van der Waals surface area contributed by atoms with Gasteiger partial charge in [-0.2, -0.15) is 0 Å². The van der Waals surface area contributed by atoms with E-state index in [4.69, 9.17) is 4.74 Å².